The Kier molecular flexibility index (Phi) is 2.56. The molecule has 5 nitrogen and oxygen atoms in total. The van der Waals surface area contributed by atoms with Gasteiger partial charge in [0.25, 0.3) is 0 Å². The first-order valence-electron chi connectivity index (χ1n) is 3.56. The third kappa shape index (κ3) is 1.38. The van der Waals surface area contributed by atoms with Crippen LogP contribution in [-0.2, 0) is 9.47 Å². The van der Waals surface area contributed by atoms with Crippen molar-refractivity contribution in [1.82, 2.24) is 0 Å². The molecule has 0 aromatic carbocycles. The molecule has 0 aromatic heterocycles. The Morgan fingerprint density at radius 3 is 2.42 bits per heavy atom. The highest BCUT2D eigenvalue weighted by molar-refractivity contribution is 5.11. The van der Waals surface area contributed by atoms with E-state index in [-0.39, 0.29) is 0 Å². The van der Waals surface area contributed by atoms with Crippen LogP contribution in [0, 0.1) is 0 Å². The van der Waals surface area contributed by atoms with Gasteiger partial charge in [-0.05, 0) is 6.92 Å². The van der Waals surface area contributed by atoms with E-state index in [9.17, 15) is 5.11 Å². The van der Waals surface area contributed by atoms with Gasteiger partial charge in [0.2, 0.25) is 6.29 Å². The predicted molar refractivity (Wildman–Crippen MR) is 39.6 cm³/mol. The first-order valence-corrected chi connectivity index (χ1v) is 3.56. The molecule has 0 aliphatic carbocycles. The number of aliphatic hydroxyl groups is 3. The average Bonchev–Trinajstić information content (AvgIpc) is 2.08. The maximum Gasteiger partial charge on any atom is 0.220 e. The zero-order valence-corrected chi connectivity index (χ0v) is 6.89. The lowest BCUT2D eigenvalue weighted by Gasteiger charge is -2.29. The Balaban J connectivity index is 2.87. The molecule has 1 heterocycles. The quantitative estimate of drug-likeness (QED) is 0.526. The van der Waals surface area contributed by atoms with Gasteiger partial charge in [-0.2, -0.15) is 0 Å². The number of hydrogen-bond acceptors (Lipinski definition) is 5. The Bertz CT molecular complexity index is 196. The van der Waals surface area contributed by atoms with Gasteiger partial charge in [0.05, 0.1) is 6.10 Å². The third-order valence-corrected chi connectivity index (χ3v) is 1.76. The number of rotatable bonds is 1. The molecule has 0 radical (unpaired) electrons. The summed E-state index contributed by atoms with van der Waals surface area (Å²) < 4.78 is 9.68. The Hall–Kier alpha value is -0.780. The van der Waals surface area contributed by atoms with E-state index in [1.54, 1.807) is 6.92 Å². The van der Waals surface area contributed by atoms with E-state index in [1.165, 1.54) is 7.11 Å². The molecule has 0 fully saturated rings. The van der Waals surface area contributed by atoms with Crippen LogP contribution in [0.3, 0.4) is 0 Å². The molecule has 3 N–H and O–H groups in total. The monoisotopic (exact) mass is 176 g/mol. The van der Waals surface area contributed by atoms with E-state index in [2.05, 4.69) is 0 Å². The minimum absolute atomic E-state index is 0.469. The maximum atomic E-state index is 9.18. The van der Waals surface area contributed by atoms with Crippen molar-refractivity contribution in [3.8, 4) is 0 Å². The average molecular weight is 176 g/mol. The Morgan fingerprint density at radius 1 is 1.33 bits per heavy atom. The van der Waals surface area contributed by atoms with Crippen LogP contribution in [0.4, 0.5) is 0 Å². The van der Waals surface area contributed by atoms with Crippen LogP contribution in [0.5, 0.6) is 0 Å². The molecule has 1 aliphatic heterocycles. The summed E-state index contributed by atoms with van der Waals surface area (Å²) in [4.78, 5) is 0. The van der Waals surface area contributed by atoms with Crippen LogP contribution < -0.4 is 0 Å². The minimum atomic E-state index is -1.18. The second-order valence-electron chi connectivity index (χ2n) is 2.62. The topological polar surface area (TPSA) is 79.2 Å². The lowest BCUT2D eigenvalue weighted by atomic mass is 10.1. The zero-order chi connectivity index (χ0) is 9.30. The molecule has 0 saturated carbocycles. The molecule has 70 valence electrons. The molecule has 1 rings (SSSR count). The minimum Gasteiger partial charge on any atom is -0.506 e. The largest absolute Gasteiger partial charge is 0.506 e. The second-order valence-corrected chi connectivity index (χ2v) is 2.62. The van der Waals surface area contributed by atoms with Crippen molar-refractivity contribution >= 4 is 0 Å². The second kappa shape index (κ2) is 3.30. The first kappa shape index (κ1) is 9.31. The molecule has 0 amide bonds. The molecule has 0 aromatic rings. The van der Waals surface area contributed by atoms with Crippen LogP contribution in [0.2, 0.25) is 0 Å². The van der Waals surface area contributed by atoms with E-state index >= 15 is 0 Å². The fourth-order valence-electron chi connectivity index (χ4n) is 0.996. The molecule has 0 spiro atoms. The van der Waals surface area contributed by atoms with E-state index in [4.69, 9.17) is 19.7 Å². The van der Waals surface area contributed by atoms with Crippen molar-refractivity contribution in [2.75, 3.05) is 7.11 Å². The summed E-state index contributed by atoms with van der Waals surface area (Å²) in [5.41, 5.74) is 0. The molecule has 1 aliphatic rings. The van der Waals surface area contributed by atoms with Crippen molar-refractivity contribution < 1.29 is 24.8 Å². The number of ether oxygens (including phenoxy) is 2. The summed E-state index contributed by atoms with van der Waals surface area (Å²) in [6.45, 7) is 1.57. The van der Waals surface area contributed by atoms with Crippen LogP contribution in [0.1, 0.15) is 6.92 Å². The van der Waals surface area contributed by atoms with Crippen LogP contribution in [-0.4, -0.2) is 40.9 Å². The van der Waals surface area contributed by atoms with Crippen LogP contribution in [0.25, 0.3) is 0 Å². The van der Waals surface area contributed by atoms with Crippen LogP contribution in [0.15, 0.2) is 11.5 Å². The number of hydrogen-bond donors (Lipinski definition) is 3. The smallest absolute Gasteiger partial charge is 0.220 e. The molecule has 1 unspecified atom stereocenters. The van der Waals surface area contributed by atoms with Gasteiger partial charge in [0.15, 0.2) is 11.5 Å². The van der Waals surface area contributed by atoms with Crippen LogP contribution >= 0.6 is 0 Å². The van der Waals surface area contributed by atoms with Gasteiger partial charge in [-0.15, -0.1) is 0 Å². The maximum absolute atomic E-state index is 9.18. The van der Waals surface area contributed by atoms with Gasteiger partial charge in [-0.25, -0.2) is 0 Å². The summed E-state index contributed by atoms with van der Waals surface area (Å²) in [5.74, 6) is -0.955. The van der Waals surface area contributed by atoms with Gasteiger partial charge in [0.1, 0.15) is 6.10 Å². The van der Waals surface area contributed by atoms with E-state index in [0.29, 0.717) is 0 Å². The molecule has 0 saturated heterocycles. The summed E-state index contributed by atoms with van der Waals surface area (Å²) in [6, 6.07) is 0. The SMILES string of the molecule is CO[C@@H]1OC(C)[C@H](O)C(O)=C1O. The van der Waals surface area contributed by atoms with E-state index in [1.807, 2.05) is 0 Å². The lowest BCUT2D eigenvalue weighted by Crippen LogP contribution is -2.40. The van der Waals surface area contributed by atoms with Crippen molar-refractivity contribution in [3.05, 3.63) is 11.5 Å². The van der Waals surface area contributed by atoms with Crippen molar-refractivity contribution in [1.29, 1.82) is 0 Å². The van der Waals surface area contributed by atoms with Gasteiger partial charge < -0.3 is 24.8 Å². The van der Waals surface area contributed by atoms with Gasteiger partial charge in [-0.3, -0.25) is 0 Å². The molecule has 0 bridgehead atoms. The molecule has 5 heteroatoms. The van der Waals surface area contributed by atoms with Crippen molar-refractivity contribution in [2.24, 2.45) is 0 Å². The molecular formula is C7H12O5. The fraction of sp³-hybridized carbons (Fsp3) is 0.714. The summed E-state index contributed by atoms with van der Waals surface area (Å²) >= 11 is 0. The third-order valence-electron chi connectivity index (χ3n) is 1.76. The first-order chi connectivity index (χ1) is 5.57. The van der Waals surface area contributed by atoms with E-state index in [0.717, 1.165) is 0 Å². The Labute approximate surface area is 69.8 Å². The highest BCUT2D eigenvalue weighted by Gasteiger charge is 2.34. The van der Waals surface area contributed by atoms with Gasteiger partial charge in [-0.1, -0.05) is 0 Å². The van der Waals surface area contributed by atoms with E-state index < -0.39 is 30.0 Å². The molecular weight excluding hydrogens is 164 g/mol. The number of aliphatic hydroxyl groups excluding tert-OH is 3. The Morgan fingerprint density at radius 2 is 1.92 bits per heavy atom. The normalized spacial score (nSPS) is 37.1. The van der Waals surface area contributed by atoms with Crippen molar-refractivity contribution in [2.45, 2.75) is 25.4 Å². The van der Waals surface area contributed by atoms with Gasteiger partial charge in [0, 0.05) is 7.11 Å². The zero-order valence-electron chi connectivity index (χ0n) is 6.89. The lowest BCUT2D eigenvalue weighted by molar-refractivity contribution is -0.186. The summed E-state index contributed by atoms with van der Waals surface area (Å²) in [7, 11) is 1.33. The molecule has 3 atom stereocenters. The highest BCUT2D eigenvalue weighted by atomic mass is 16.7. The molecule has 12 heavy (non-hydrogen) atoms. The van der Waals surface area contributed by atoms with Gasteiger partial charge >= 0.3 is 0 Å². The summed E-state index contributed by atoms with van der Waals surface area (Å²) in [5, 5.41) is 27.5. The summed E-state index contributed by atoms with van der Waals surface area (Å²) in [6.07, 6.45) is -2.76. The predicted octanol–water partition coefficient (Wildman–Crippen LogP) is 0.0661. The highest BCUT2D eigenvalue weighted by Crippen LogP contribution is 2.22. The van der Waals surface area contributed by atoms with Crippen molar-refractivity contribution in [3.63, 3.8) is 0 Å². The fourth-order valence-corrected chi connectivity index (χ4v) is 0.996. The number of methoxy groups -OCH3 is 1. The standard InChI is InChI=1S/C7H12O5/c1-3-4(8)5(9)6(10)7(11-2)12-3/h3-4,7-10H,1-2H3/t3?,4-,7+/m0/s1.